The van der Waals surface area contributed by atoms with Crippen LogP contribution in [0.4, 0.5) is 0 Å². The van der Waals surface area contributed by atoms with Gasteiger partial charge in [0.1, 0.15) is 19.3 Å². The monoisotopic (exact) mass is 1120 g/mol. The molecule has 0 aromatic heterocycles. The van der Waals surface area contributed by atoms with Crippen LogP contribution < -0.4 is 5.32 Å². The van der Waals surface area contributed by atoms with Crippen molar-refractivity contribution in [3.8, 4) is 0 Å². The molecule has 0 fully saturated rings. The van der Waals surface area contributed by atoms with Crippen molar-refractivity contribution in [3.63, 3.8) is 0 Å². The predicted molar refractivity (Wildman–Crippen MR) is 341 cm³/mol. The van der Waals surface area contributed by atoms with Gasteiger partial charge in [0.05, 0.1) is 33.8 Å². The first-order chi connectivity index (χ1) is 38.4. The van der Waals surface area contributed by atoms with Crippen LogP contribution in [0.25, 0.3) is 0 Å². The maximum Gasteiger partial charge on any atom is 0.472 e. The lowest BCUT2D eigenvalue weighted by Crippen LogP contribution is -2.47. The minimum atomic E-state index is -4.46. The SMILES string of the molecule is CC/C=C/C=C/C=C/CCCCCCCCCC(=O)OC(/C=C\CCCCCCCCCCCCC)C(COP(=O)(O)OCC[N+](C)(C)C)NC(=O)CCCCCCCCCCC/C=C\C/C=C\C/C=C\C/C=C\CCCCC. The van der Waals surface area contributed by atoms with Crippen LogP contribution in [0, 0.1) is 0 Å². The van der Waals surface area contributed by atoms with Crippen molar-refractivity contribution in [1.29, 1.82) is 0 Å². The highest BCUT2D eigenvalue weighted by molar-refractivity contribution is 7.47. The molecule has 0 saturated carbocycles. The fraction of sp³-hybridized carbons (Fsp3) is 0.739. The van der Waals surface area contributed by atoms with Gasteiger partial charge in [0.2, 0.25) is 5.91 Å². The van der Waals surface area contributed by atoms with E-state index in [2.05, 4.69) is 111 Å². The molecule has 79 heavy (non-hydrogen) atoms. The maximum atomic E-state index is 13.6. The van der Waals surface area contributed by atoms with E-state index in [1.165, 1.54) is 135 Å². The number of carbonyl (C=O) groups is 2. The number of amides is 1. The maximum absolute atomic E-state index is 13.6. The van der Waals surface area contributed by atoms with E-state index in [1.807, 2.05) is 33.3 Å². The largest absolute Gasteiger partial charge is 0.472 e. The first kappa shape index (κ1) is 75.9. The summed E-state index contributed by atoms with van der Waals surface area (Å²) >= 11 is 0. The van der Waals surface area contributed by atoms with E-state index in [0.717, 1.165) is 109 Å². The number of likely N-dealkylation sites (N-methyl/N-ethyl adjacent to an activating group) is 1. The van der Waals surface area contributed by atoms with Crippen LogP contribution in [-0.2, 0) is 27.9 Å². The number of phosphoric ester groups is 1. The zero-order valence-corrected chi connectivity index (χ0v) is 53.0. The van der Waals surface area contributed by atoms with E-state index >= 15 is 0 Å². The van der Waals surface area contributed by atoms with Crippen molar-refractivity contribution in [2.24, 2.45) is 0 Å². The highest BCUT2D eigenvalue weighted by Gasteiger charge is 2.30. The van der Waals surface area contributed by atoms with E-state index in [-0.39, 0.29) is 31.5 Å². The van der Waals surface area contributed by atoms with Gasteiger partial charge in [0.15, 0.2) is 0 Å². The molecule has 0 aliphatic carbocycles. The fourth-order valence-corrected chi connectivity index (χ4v) is 9.78. The predicted octanol–water partition coefficient (Wildman–Crippen LogP) is 20.3. The molecule has 456 valence electrons. The number of nitrogens with one attached hydrogen (secondary N) is 1. The Morgan fingerprint density at radius 3 is 1.34 bits per heavy atom. The third-order valence-corrected chi connectivity index (χ3v) is 15.1. The Morgan fingerprint density at radius 2 is 0.861 bits per heavy atom. The van der Waals surface area contributed by atoms with E-state index < -0.39 is 20.0 Å². The lowest BCUT2D eigenvalue weighted by Gasteiger charge is -2.27. The summed E-state index contributed by atoms with van der Waals surface area (Å²) in [6.45, 7) is 6.85. The van der Waals surface area contributed by atoms with Gasteiger partial charge in [-0.2, -0.15) is 0 Å². The number of phosphoric acid groups is 1. The summed E-state index contributed by atoms with van der Waals surface area (Å²) in [6, 6.07) is -0.862. The molecule has 0 rings (SSSR count). The van der Waals surface area contributed by atoms with Gasteiger partial charge >= 0.3 is 13.8 Å². The zero-order valence-electron chi connectivity index (χ0n) is 52.1. The smallest absolute Gasteiger partial charge is 0.456 e. The van der Waals surface area contributed by atoms with Gasteiger partial charge in [0.25, 0.3) is 0 Å². The van der Waals surface area contributed by atoms with Crippen molar-refractivity contribution in [2.45, 2.75) is 290 Å². The number of hydrogen-bond donors (Lipinski definition) is 2. The highest BCUT2D eigenvalue weighted by Crippen LogP contribution is 2.43. The Balaban J connectivity index is 5.19. The number of rotatable bonds is 58. The van der Waals surface area contributed by atoms with Crippen molar-refractivity contribution in [2.75, 3.05) is 40.9 Å². The normalized spacial score (nSPS) is 14.3. The first-order valence-electron chi connectivity index (χ1n) is 32.6. The summed E-state index contributed by atoms with van der Waals surface area (Å²) in [4.78, 5) is 37.8. The molecule has 0 heterocycles. The van der Waals surface area contributed by atoms with Gasteiger partial charge in [-0.15, -0.1) is 0 Å². The number of nitrogens with zero attached hydrogens (tertiary/aromatic N) is 1. The molecular weight excluding hydrogens is 1000 g/mol. The number of hydrogen-bond acceptors (Lipinski definition) is 6. The highest BCUT2D eigenvalue weighted by atomic mass is 31.2. The molecule has 0 radical (unpaired) electrons. The van der Waals surface area contributed by atoms with Gasteiger partial charge in [-0.1, -0.05) is 266 Å². The van der Waals surface area contributed by atoms with Crippen LogP contribution in [0.5, 0.6) is 0 Å². The molecule has 10 heteroatoms. The van der Waals surface area contributed by atoms with E-state index in [9.17, 15) is 19.0 Å². The molecule has 9 nitrogen and oxygen atoms in total. The quantitative estimate of drug-likeness (QED) is 0.0156. The van der Waals surface area contributed by atoms with E-state index in [0.29, 0.717) is 17.4 Å². The molecule has 0 spiro atoms. The van der Waals surface area contributed by atoms with Crippen LogP contribution in [-0.4, -0.2) is 74.3 Å². The van der Waals surface area contributed by atoms with Crippen LogP contribution in [0.1, 0.15) is 278 Å². The lowest BCUT2D eigenvalue weighted by molar-refractivity contribution is -0.870. The number of carbonyl (C=O) groups excluding carboxylic acids is 2. The molecule has 3 atom stereocenters. The summed E-state index contributed by atoms with van der Waals surface area (Å²) in [5.41, 5.74) is 0. The third kappa shape index (κ3) is 59.4. The average molecular weight is 1120 g/mol. The number of allylic oxidation sites excluding steroid dienone is 15. The molecular formula is C69H124N2O7P+. The molecule has 0 aromatic rings. The minimum Gasteiger partial charge on any atom is -0.456 e. The van der Waals surface area contributed by atoms with Crippen LogP contribution in [0.3, 0.4) is 0 Å². The van der Waals surface area contributed by atoms with Gasteiger partial charge in [-0.25, -0.2) is 4.57 Å². The van der Waals surface area contributed by atoms with Gasteiger partial charge < -0.3 is 19.4 Å². The molecule has 0 saturated heterocycles. The minimum absolute atomic E-state index is 0.0327. The number of quaternary nitrogens is 1. The average Bonchev–Trinajstić information content (AvgIpc) is 3.41. The second kappa shape index (κ2) is 58.1. The second-order valence-corrected chi connectivity index (χ2v) is 24.4. The lowest BCUT2D eigenvalue weighted by atomic mass is 10.0. The van der Waals surface area contributed by atoms with Crippen LogP contribution >= 0.6 is 7.82 Å². The van der Waals surface area contributed by atoms with Crippen LogP contribution in [0.15, 0.2) is 97.2 Å². The first-order valence-corrected chi connectivity index (χ1v) is 34.1. The van der Waals surface area contributed by atoms with Gasteiger partial charge in [-0.05, 0) is 96.0 Å². The van der Waals surface area contributed by atoms with E-state index in [1.54, 1.807) is 0 Å². The number of ether oxygens (including phenoxy) is 1. The Bertz CT molecular complexity index is 1670. The Hall–Kier alpha value is -3.07. The zero-order chi connectivity index (χ0) is 57.9. The summed E-state index contributed by atoms with van der Waals surface area (Å²) < 4.78 is 30.7. The summed E-state index contributed by atoms with van der Waals surface area (Å²) in [7, 11) is 1.48. The third-order valence-electron chi connectivity index (χ3n) is 14.1. The Morgan fingerprint density at radius 1 is 0.468 bits per heavy atom. The molecule has 0 aromatic carbocycles. The molecule has 0 bridgehead atoms. The Kier molecular flexibility index (Phi) is 55.9. The second-order valence-electron chi connectivity index (χ2n) is 23.0. The van der Waals surface area contributed by atoms with Crippen molar-refractivity contribution in [1.82, 2.24) is 5.32 Å². The number of esters is 1. The molecule has 0 aliphatic heterocycles. The van der Waals surface area contributed by atoms with Gasteiger partial charge in [0, 0.05) is 12.8 Å². The molecule has 2 N–H and O–H groups in total. The fourth-order valence-electron chi connectivity index (χ4n) is 9.04. The van der Waals surface area contributed by atoms with Crippen molar-refractivity contribution < 1.29 is 37.3 Å². The number of unbranched alkanes of at least 4 members (excludes halogenated alkanes) is 30. The molecule has 3 unspecified atom stereocenters. The Labute approximate surface area is 488 Å². The van der Waals surface area contributed by atoms with Crippen molar-refractivity contribution >= 4 is 19.7 Å². The summed E-state index contributed by atoms with van der Waals surface area (Å²) in [5, 5.41) is 3.06. The van der Waals surface area contributed by atoms with E-state index in [4.69, 9.17) is 13.8 Å². The molecule has 0 aliphatic rings. The standard InChI is InChI=1S/C69H123N2O7P/c1-7-10-13-16-19-22-25-28-30-31-32-33-34-35-36-37-38-39-41-43-46-49-52-55-58-61-68(72)70-66(65-77-79(74,75)76-64-63-71(4,5)6)67(60-57-54-51-48-45-42-27-24-21-18-15-12-9-3)78-69(73)62-59-56-53-50-47-44-40-29-26-23-20-17-14-11-8-2/h11,14,17,19-20,22-23,26,28,30,32-33,35-36,57,60,66-67H,7-10,12-13,15-16,18,21,24-25,27,29,31,34,37-56,58-59,61-65H2,1-6H3,(H-,70,72,74,75)/p+1/b14-11+,20-17+,22-19-,26-23+,30-28-,33-32-,36-35-,60-57-. The van der Waals surface area contributed by atoms with Crippen molar-refractivity contribution in [3.05, 3.63) is 97.2 Å². The molecule has 1 amide bonds. The van der Waals surface area contributed by atoms with Gasteiger partial charge in [-0.3, -0.25) is 18.6 Å². The summed E-state index contributed by atoms with van der Waals surface area (Å²) in [6.07, 6.45) is 78.3. The van der Waals surface area contributed by atoms with Crippen LogP contribution in [0.2, 0.25) is 0 Å². The topological polar surface area (TPSA) is 111 Å². The summed E-state index contributed by atoms with van der Waals surface area (Å²) in [5.74, 6) is -0.526.